The van der Waals surface area contributed by atoms with E-state index < -0.39 is 9.93 Å². The summed E-state index contributed by atoms with van der Waals surface area (Å²) >= 11 is 13.6. The van der Waals surface area contributed by atoms with Crippen molar-refractivity contribution in [2.75, 3.05) is 5.32 Å². The maximum absolute atomic E-state index is 12.6. The molecule has 0 saturated heterocycles. The lowest BCUT2D eigenvalue weighted by Gasteiger charge is -2.24. The van der Waals surface area contributed by atoms with Gasteiger partial charge >= 0.3 is 0 Å². The van der Waals surface area contributed by atoms with Gasteiger partial charge in [0.15, 0.2) is 5.60 Å². The molecule has 0 unspecified atom stereocenters. The number of halogens is 2. The number of benzene rings is 1. The number of ether oxygens (including phenoxy) is 1. The molecule has 0 aliphatic heterocycles. The first-order chi connectivity index (χ1) is 12.2. The van der Waals surface area contributed by atoms with Crippen molar-refractivity contribution in [3.8, 4) is 5.75 Å². The van der Waals surface area contributed by atoms with Crippen molar-refractivity contribution in [1.29, 1.82) is 0 Å². The molecule has 26 heavy (non-hydrogen) atoms. The van der Waals surface area contributed by atoms with Gasteiger partial charge < -0.3 is 4.74 Å². The van der Waals surface area contributed by atoms with Crippen LogP contribution in [0.3, 0.4) is 0 Å². The van der Waals surface area contributed by atoms with Crippen molar-refractivity contribution in [2.24, 2.45) is 0 Å². The average molecular weight is 412 g/mol. The van der Waals surface area contributed by atoms with Gasteiger partial charge in [-0.3, -0.25) is 10.1 Å². The van der Waals surface area contributed by atoms with E-state index in [-0.39, 0.29) is 11.8 Å². The predicted molar refractivity (Wildman–Crippen MR) is 103 cm³/mol. The smallest absolute Gasteiger partial charge is 0.269 e. The van der Waals surface area contributed by atoms with Crippen LogP contribution in [-0.4, -0.2) is 26.0 Å². The Hall–Kier alpha value is -1.37. The Kier molecular flexibility index (Phi) is 4.40. The van der Waals surface area contributed by atoms with Crippen molar-refractivity contribution in [2.45, 2.75) is 54.9 Å². The first-order valence-electron chi connectivity index (χ1n) is 8.56. The van der Waals surface area contributed by atoms with E-state index in [1.165, 1.54) is 11.3 Å². The molecule has 1 aromatic heterocycles. The number of amides is 1. The highest BCUT2D eigenvalue weighted by molar-refractivity contribution is 7.15. The minimum absolute atomic E-state index is 0.161. The molecule has 0 bridgehead atoms. The second kappa shape index (κ2) is 6.36. The van der Waals surface area contributed by atoms with Gasteiger partial charge in [-0.15, -0.1) is 33.4 Å². The molecule has 0 radical (unpaired) electrons. The van der Waals surface area contributed by atoms with E-state index in [4.69, 9.17) is 27.9 Å². The van der Waals surface area contributed by atoms with Crippen LogP contribution in [0.4, 0.5) is 5.13 Å². The van der Waals surface area contributed by atoms with Crippen LogP contribution < -0.4 is 10.1 Å². The van der Waals surface area contributed by atoms with Crippen molar-refractivity contribution in [1.82, 2.24) is 10.2 Å². The summed E-state index contributed by atoms with van der Waals surface area (Å²) in [6, 6.07) is 7.55. The molecule has 2 aliphatic rings. The van der Waals surface area contributed by atoms with Gasteiger partial charge in [0, 0.05) is 11.8 Å². The molecule has 5 nitrogen and oxygen atoms in total. The number of alkyl halides is 2. The highest BCUT2D eigenvalue weighted by atomic mass is 35.5. The standard InChI is InChI=1S/C18H19Cl2N3O2S/c1-17(2,15(24)21-16-23-22-14(26-16)11-3-4-11)25-12-7-5-10(6-8-12)13-9-18(13,19)20/h5-8,11,13H,3-4,9H2,1-2H3,(H,21,23,24)/t13-/m1/s1. The monoisotopic (exact) mass is 411 g/mol. The van der Waals surface area contributed by atoms with Crippen LogP contribution in [0.25, 0.3) is 0 Å². The summed E-state index contributed by atoms with van der Waals surface area (Å²) in [7, 11) is 0. The number of aromatic nitrogens is 2. The fourth-order valence-electron chi connectivity index (χ4n) is 2.71. The van der Waals surface area contributed by atoms with Crippen LogP contribution in [0, 0.1) is 0 Å². The molecule has 2 saturated carbocycles. The van der Waals surface area contributed by atoms with Crippen LogP contribution >= 0.6 is 34.5 Å². The Morgan fingerprint density at radius 2 is 1.92 bits per heavy atom. The zero-order valence-corrected chi connectivity index (χ0v) is 16.8. The third-order valence-corrected chi connectivity index (χ3v) is 6.45. The summed E-state index contributed by atoms with van der Waals surface area (Å²) in [5, 5.41) is 12.5. The van der Waals surface area contributed by atoms with Gasteiger partial charge in [0.05, 0.1) is 0 Å². The van der Waals surface area contributed by atoms with Gasteiger partial charge in [0.1, 0.15) is 15.1 Å². The summed E-state index contributed by atoms with van der Waals surface area (Å²) < 4.78 is 5.24. The lowest BCUT2D eigenvalue weighted by atomic mass is 10.1. The molecule has 1 heterocycles. The molecule has 0 spiro atoms. The topological polar surface area (TPSA) is 64.1 Å². The zero-order valence-electron chi connectivity index (χ0n) is 14.5. The SMILES string of the molecule is CC(C)(Oc1ccc([C@H]2CC2(Cl)Cl)cc1)C(=O)Nc1nnc(C2CC2)s1. The van der Waals surface area contributed by atoms with E-state index in [0.717, 1.165) is 29.8 Å². The Bertz CT molecular complexity index is 831. The number of nitrogens with one attached hydrogen (secondary N) is 1. The quantitative estimate of drug-likeness (QED) is 0.688. The predicted octanol–water partition coefficient (Wildman–Crippen LogP) is 4.87. The average Bonchev–Trinajstić information content (AvgIpc) is 3.47. The van der Waals surface area contributed by atoms with Gasteiger partial charge in [0.25, 0.3) is 5.91 Å². The molecule has 1 aromatic carbocycles. The van der Waals surface area contributed by atoms with Crippen LogP contribution in [0.2, 0.25) is 0 Å². The van der Waals surface area contributed by atoms with Crippen molar-refractivity contribution >= 4 is 45.6 Å². The fourth-order valence-corrected chi connectivity index (χ4v) is 4.18. The first kappa shape index (κ1) is 18.0. The molecular weight excluding hydrogens is 393 g/mol. The van der Waals surface area contributed by atoms with Gasteiger partial charge in [-0.2, -0.15) is 0 Å². The van der Waals surface area contributed by atoms with Crippen molar-refractivity contribution in [3.63, 3.8) is 0 Å². The van der Waals surface area contributed by atoms with Crippen molar-refractivity contribution in [3.05, 3.63) is 34.8 Å². The van der Waals surface area contributed by atoms with Gasteiger partial charge in [0.2, 0.25) is 5.13 Å². The number of carbonyl (C=O) groups is 1. The molecule has 1 N–H and O–H groups in total. The van der Waals surface area contributed by atoms with Gasteiger partial charge in [-0.05, 0) is 50.8 Å². The Balaban J connectivity index is 1.38. The molecule has 4 rings (SSSR count). The Morgan fingerprint density at radius 1 is 1.27 bits per heavy atom. The molecule has 2 aliphatic carbocycles. The number of carbonyl (C=O) groups excluding carboxylic acids is 1. The van der Waals surface area contributed by atoms with Crippen LogP contribution in [0.5, 0.6) is 5.75 Å². The third-order valence-electron chi connectivity index (χ3n) is 4.62. The Morgan fingerprint density at radius 3 is 2.50 bits per heavy atom. The lowest BCUT2D eigenvalue weighted by Crippen LogP contribution is -2.42. The van der Waals surface area contributed by atoms with E-state index in [1.54, 1.807) is 13.8 Å². The van der Waals surface area contributed by atoms with E-state index in [0.29, 0.717) is 16.8 Å². The molecular formula is C18H19Cl2N3O2S. The summed E-state index contributed by atoms with van der Waals surface area (Å²) in [6.07, 6.45) is 3.07. The second-order valence-electron chi connectivity index (χ2n) is 7.37. The highest BCUT2D eigenvalue weighted by Crippen LogP contribution is 2.59. The van der Waals surface area contributed by atoms with Crippen LogP contribution in [0.1, 0.15) is 55.5 Å². The minimum Gasteiger partial charge on any atom is -0.478 e. The number of hydrogen-bond donors (Lipinski definition) is 1. The van der Waals surface area contributed by atoms with E-state index in [9.17, 15) is 4.79 Å². The largest absolute Gasteiger partial charge is 0.478 e. The summed E-state index contributed by atoms with van der Waals surface area (Å²) in [6.45, 7) is 3.45. The highest BCUT2D eigenvalue weighted by Gasteiger charge is 2.52. The normalized spacial score (nSPS) is 21.3. The zero-order chi connectivity index (χ0) is 18.5. The Labute approximate surface area is 166 Å². The molecule has 2 fully saturated rings. The third kappa shape index (κ3) is 3.82. The molecule has 138 valence electrons. The second-order valence-corrected chi connectivity index (χ2v) is 9.92. The van der Waals surface area contributed by atoms with E-state index in [1.807, 2.05) is 24.3 Å². The summed E-state index contributed by atoms with van der Waals surface area (Å²) in [5.41, 5.74) is 0.0287. The summed E-state index contributed by atoms with van der Waals surface area (Å²) in [4.78, 5) is 12.6. The molecule has 1 amide bonds. The molecule has 2 aromatic rings. The van der Waals surface area contributed by atoms with Gasteiger partial charge in [-0.1, -0.05) is 23.5 Å². The lowest BCUT2D eigenvalue weighted by molar-refractivity contribution is -0.128. The fraction of sp³-hybridized carbons (Fsp3) is 0.500. The number of rotatable bonds is 6. The van der Waals surface area contributed by atoms with E-state index in [2.05, 4.69) is 15.5 Å². The maximum atomic E-state index is 12.6. The number of anilines is 1. The number of hydrogen-bond acceptors (Lipinski definition) is 5. The van der Waals surface area contributed by atoms with Crippen molar-refractivity contribution < 1.29 is 9.53 Å². The molecule has 8 heteroatoms. The van der Waals surface area contributed by atoms with Crippen LogP contribution in [0.15, 0.2) is 24.3 Å². The summed E-state index contributed by atoms with van der Waals surface area (Å²) in [5.74, 6) is 1.03. The van der Waals surface area contributed by atoms with Crippen LogP contribution in [-0.2, 0) is 4.79 Å². The first-order valence-corrected chi connectivity index (χ1v) is 10.1. The molecule has 1 atom stereocenters. The van der Waals surface area contributed by atoms with E-state index >= 15 is 0 Å². The maximum Gasteiger partial charge on any atom is 0.269 e. The van der Waals surface area contributed by atoms with Gasteiger partial charge in [-0.25, -0.2) is 0 Å². The minimum atomic E-state index is -1.05. The number of nitrogens with zero attached hydrogens (tertiary/aromatic N) is 2.